The number of carbonyl (C=O) groups is 4. The summed E-state index contributed by atoms with van der Waals surface area (Å²) in [5, 5.41) is 10.6. The standard InChI is InChI=1S/C74H140O17P2/c1-7-9-11-13-14-15-16-17-20-24-29-34-39-45-51-57-72(77)85-63-70(91-74(79)58-52-46-40-35-30-25-22-19-18-21-23-27-32-37-43-48-54-66(3)4)65-89-93(82,83)87-61-68(75)60-86-92(80,81)88-64-69(62-84-71(76)56-50-42-12-10-8-2)90-73(78)59-53-47-41-36-31-26-28-33-38-44-49-55-67(5)6/h15-17,20,66-70,75H,7-14,18-19,21-65H2,1-6H3,(H,80,81)(H,82,83)/b16-15-,20-17-/t68-,69+,70+/m0/s1. The summed E-state index contributed by atoms with van der Waals surface area (Å²) in [6.07, 6.45) is 55.3. The predicted molar refractivity (Wildman–Crippen MR) is 377 cm³/mol. The molecule has 0 saturated carbocycles. The molecule has 5 atom stereocenters. The fourth-order valence-electron chi connectivity index (χ4n) is 10.8. The van der Waals surface area contributed by atoms with E-state index in [0.29, 0.717) is 25.7 Å². The third-order valence-electron chi connectivity index (χ3n) is 16.6. The normalized spacial score (nSPS) is 14.2. The maximum Gasteiger partial charge on any atom is 0.472 e. The molecule has 0 aromatic heterocycles. The summed E-state index contributed by atoms with van der Waals surface area (Å²) in [4.78, 5) is 72.4. The zero-order valence-corrected chi connectivity index (χ0v) is 61.8. The molecule has 548 valence electrons. The molecule has 0 aromatic rings. The molecule has 0 amide bonds. The Hall–Kier alpha value is -2.46. The van der Waals surface area contributed by atoms with Gasteiger partial charge in [0.15, 0.2) is 12.2 Å². The van der Waals surface area contributed by atoms with Gasteiger partial charge in [-0.1, -0.05) is 303 Å². The SMILES string of the molecule is CCCCCC/C=C\C=C/CCCCCCCC(=O)OC[C@H](COP(=O)(O)OC[C@@H](O)COP(=O)(O)OC[C@@H](COC(=O)CCCCCCC)OC(=O)CCCCCCCCCCCCCC(C)C)OC(=O)CCCCCCCCCCCCCCCCCCC(C)C. The van der Waals surface area contributed by atoms with Crippen molar-refractivity contribution in [3.8, 4) is 0 Å². The number of aliphatic hydroxyl groups excluding tert-OH is 1. The van der Waals surface area contributed by atoms with E-state index in [2.05, 4.69) is 65.8 Å². The molecule has 0 heterocycles. The largest absolute Gasteiger partial charge is 0.472 e. The van der Waals surface area contributed by atoms with Crippen LogP contribution in [-0.4, -0.2) is 96.7 Å². The lowest BCUT2D eigenvalue weighted by atomic mass is 10.0. The number of hydrogen-bond acceptors (Lipinski definition) is 15. The highest BCUT2D eigenvalue weighted by Gasteiger charge is 2.30. The fourth-order valence-corrected chi connectivity index (χ4v) is 12.3. The molecule has 19 heteroatoms. The van der Waals surface area contributed by atoms with Gasteiger partial charge in [0.05, 0.1) is 26.4 Å². The lowest BCUT2D eigenvalue weighted by Gasteiger charge is -2.21. The number of ether oxygens (including phenoxy) is 4. The number of esters is 4. The van der Waals surface area contributed by atoms with Gasteiger partial charge in [-0.15, -0.1) is 0 Å². The smallest absolute Gasteiger partial charge is 0.462 e. The summed E-state index contributed by atoms with van der Waals surface area (Å²) >= 11 is 0. The number of unbranched alkanes of at least 4 members (excludes halogenated alkanes) is 38. The Bertz CT molecular complexity index is 1900. The second kappa shape index (κ2) is 65.5. The average molecular weight is 1360 g/mol. The van der Waals surface area contributed by atoms with Gasteiger partial charge in [0.2, 0.25) is 0 Å². The zero-order valence-electron chi connectivity index (χ0n) is 60.0. The van der Waals surface area contributed by atoms with Crippen LogP contribution < -0.4 is 0 Å². The van der Waals surface area contributed by atoms with Crippen LogP contribution in [0.3, 0.4) is 0 Å². The Balaban J connectivity index is 5.18. The van der Waals surface area contributed by atoms with Crippen LogP contribution in [0.25, 0.3) is 0 Å². The quantitative estimate of drug-likeness (QED) is 0.0169. The summed E-state index contributed by atoms with van der Waals surface area (Å²) in [5.41, 5.74) is 0. The number of aliphatic hydroxyl groups is 1. The topological polar surface area (TPSA) is 237 Å². The van der Waals surface area contributed by atoms with Crippen molar-refractivity contribution in [2.75, 3.05) is 39.6 Å². The molecule has 3 N–H and O–H groups in total. The molecule has 2 unspecified atom stereocenters. The minimum absolute atomic E-state index is 0.101. The highest BCUT2D eigenvalue weighted by atomic mass is 31.2. The maximum atomic E-state index is 13.0. The van der Waals surface area contributed by atoms with Gasteiger partial charge in [-0.25, -0.2) is 9.13 Å². The molecule has 93 heavy (non-hydrogen) atoms. The molecule has 0 aliphatic rings. The third kappa shape index (κ3) is 67.9. The molecule has 0 saturated heterocycles. The van der Waals surface area contributed by atoms with Gasteiger partial charge in [-0.2, -0.15) is 0 Å². The summed E-state index contributed by atoms with van der Waals surface area (Å²) < 4.78 is 68.2. The van der Waals surface area contributed by atoms with Gasteiger partial charge >= 0.3 is 39.5 Å². The van der Waals surface area contributed by atoms with Crippen LogP contribution >= 0.6 is 15.6 Å². The Labute approximate surface area is 567 Å². The third-order valence-corrected chi connectivity index (χ3v) is 18.5. The number of allylic oxidation sites excluding steroid dienone is 4. The molecule has 0 radical (unpaired) electrons. The molecular weight excluding hydrogens is 1220 g/mol. The lowest BCUT2D eigenvalue weighted by Crippen LogP contribution is -2.30. The van der Waals surface area contributed by atoms with Crippen molar-refractivity contribution in [3.05, 3.63) is 24.3 Å². The first-order chi connectivity index (χ1) is 44.9. The van der Waals surface area contributed by atoms with Crippen molar-refractivity contribution in [1.29, 1.82) is 0 Å². The van der Waals surface area contributed by atoms with E-state index in [1.165, 1.54) is 148 Å². The van der Waals surface area contributed by atoms with Crippen LogP contribution in [0, 0.1) is 11.8 Å². The van der Waals surface area contributed by atoms with Crippen molar-refractivity contribution in [1.82, 2.24) is 0 Å². The van der Waals surface area contributed by atoms with Gasteiger partial charge < -0.3 is 33.8 Å². The molecule has 0 spiro atoms. The average Bonchev–Trinajstić information content (AvgIpc) is 3.22. The fraction of sp³-hybridized carbons (Fsp3) is 0.892. The molecule has 0 bridgehead atoms. The van der Waals surface area contributed by atoms with Gasteiger partial charge in [-0.3, -0.25) is 37.3 Å². The van der Waals surface area contributed by atoms with E-state index >= 15 is 0 Å². The van der Waals surface area contributed by atoms with Crippen molar-refractivity contribution in [2.24, 2.45) is 11.8 Å². The Kier molecular flexibility index (Phi) is 63.7. The van der Waals surface area contributed by atoms with E-state index in [9.17, 15) is 43.2 Å². The molecular formula is C74H140O17P2. The first-order valence-electron chi connectivity index (χ1n) is 37.8. The maximum absolute atomic E-state index is 13.0. The highest BCUT2D eigenvalue weighted by Crippen LogP contribution is 2.45. The first-order valence-corrected chi connectivity index (χ1v) is 40.8. The van der Waals surface area contributed by atoms with Crippen LogP contribution in [0.15, 0.2) is 24.3 Å². The van der Waals surface area contributed by atoms with Gasteiger partial charge in [0.25, 0.3) is 0 Å². The summed E-state index contributed by atoms with van der Waals surface area (Å²) in [7, 11) is -9.91. The molecule has 0 aliphatic heterocycles. The number of phosphoric acid groups is 2. The van der Waals surface area contributed by atoms with Crippen molar-refractivity contribution >= 4 is 39.5 Å². The van der Waals surface area contributed by atoms with Gasteiger partial charge in [0.1, 0.15) is 19.3 Å². The van der Waals surface area contributed by atoms with Crippen molar-refractivity contribution in [2.45, 2.75) is 374 Å². The molecule has 0 aromatic carbocycles. The Morgan fingerprint density at radius 3 is 0.882 bits per heavy atom. The molecule has 0 aliphatic carbocycles. The van der Waals surface area contributed by atoms with Crippen LogP contribution in [0.4, 0.5) is 0 Å². The lowest BCUT2D eigenvalue weighted by molar-refractivity contribution is -0.161. The second-order valence-electron chi connectivity index (χ2n) is 27.0. The predicted octanol–water partition coefficient (Wildman–Crippen LogP) is 21.1. The molecule has 0 rings (SSSR count). The van der Waals surface area contributed by atoms with Crippen LogP contribution in [0.2, 0.25) is 0 Å². The monoisotopic (exact) mass is 1360 g/mol. The number of hydrogen-bond donors (Lipinski definition) is 3. The first kappa shape index (κ1) is 90.5. The van der Waals surface area contributed by atoms with E-state index < -0.39 is 97.5 Å². The van der Waals surface area contributed by atoms with Crippen molar-refractivity contribution in [3.63, 3.8) is 0 Å². The van der Waals surface area contributed by atoms with E-state index in [0.717, 1.165) is 127 Å². The summed E-state index contributed by atoms with van der Waals surface area (Å²) in [5.74, 6) is -0.589. The Morgan fingerprint density at radius 2 is 0.581 bits per heavy atom. The Morgan fingerprint density at radius 1 is 0.333 bits per heavy atom. The van der Waals surface area contributed by atoms with E-state index in [-0.39, 0.29) is 25.7 Å². The van der Waals surface area contributed by atoms with Crippen LogP contribution in [0.1, 0.15) is 356 Å². The minimum Gasteiger partial charge on any atom is -0.462 e. The zero-order chi connectivity index (χ0) is 68.6. The summed E-state index contributed by atoms with van der Waals surface area (Å²) in [6, 6.07) is 0. The van der Waals surface area contributed by atoms with Crippen LogP contribution in [0.5, 0.6) is 0 Å². The minimum atomic E-state index is -4.96. The van der Waals surface area contributed by atoms with E-state index in [4.69, 9.17) is 37.0 Å². The van der Waals surface area contributed by atoms with Crippen molar-refractivity contribution < 1.29 is 80.2 Å². The summed E-state index contributed by atoms with van der Waals surface area (Å²) in [6.45, 7) is 9.45. The number of phosphoric ester groups is 2. The van der Waals surface area contributed by atoms with Gasteiger partial charge in [0, 0.05) is 25.7 Å². The van der Waals surface area contributed by atoms with E-state index in [1.807, 2.05) is 0 Å². The highest BCUT2D eigenvalue weighted by molar-refractivity contribution is 7.47. The van der Waals surface area contributed by atoms with Gasteiger partial charge in [-0.05, 0) is 63.2 Å². The molecule has 17 nitrogen and oxygen atoms in total. The van der Waals surface area contributed by atoms with E-state index in [1.54, 1.807) is 0 Å². The number of rotatable bonds is 71. The number of carbonyl (C=O) groups excluding carboxylic acids is 4. The van der Waals surface area contributed by atoms with Crippen LogP contribution in [-0.2, 0) is 65.4 Å². The second-order valence-corrected chi connectivity index (χ2v) is 29.9. The molecule has 0 fully saturated rings.